The number of hydrogen-bond donors (Lipinski definition) is 0. The van der Waals surface area contributed by atoms with Gasteiger partial charge in [-0.1, -0.05) is 0 Å². The molecule has 0 aliphatic heterocycles. The van der Waals surface area contributed by atoms with Crippen molar-refractivity contribution in [3.05, 3.63) is 6.42 Å². The van der Waals surface area contributed by atoms with Crippen LogP contribution in [0.25, 0.3) is 0 Å². The molecule has 0 aromatic rings. The van der Waals surface area contributed by atoms with E-state index in [1.54, 1.807) is 4.44 Å². The fourth-order valence-corrected chi connectivity index (χ4v) is 5.10. The quantitative estimate of drug-likeness (QED) is 0.474. The third-order valence-electron chi connectivity index (χ3n) is 2.17. The van der Waals surface area contributed by atoms with Crippen LogP contribution in [0, 0.1) is 6.42 Å². The normalized spacial score (nSPS) is 12.0. The second kappa shape index (κ2) is 7.23. The molecule has 0 aliphatic rings. The van der Waals surface area contributed by atoms with Crippen molar-refractivity contribution in [2.45, 2.75) is 58.3 Å². The summed E-state index contributed by atoms with van der Waals surface area (Å²) in [6.45, 7) is 2.16. The molecular formula is C11H25Sn. The molecule has 0 saturated carbocycles. The van der Waals surface area contributed by atoms with E-state index in [9.17, 15) is 0 Å². The number of rotatable bonds is 7. The van der Waals surface area contributed by atoms with Gasteiger partial charge < -0.3 is 0 Å². The van der Waals surface area contributed by atoms with Crippen LogP contribution in [0.4, 0.5) is 0 Å². The van der Waals surface area contributed by atoms with E-state index in [1.807, 2.05) is 0 Å². The van der Waals surface area contributed by atoms with E-state index in [4.69, 9.17) is 0 Å². The summed E-state index contributed by atoms with van der Waals surface area (Å²) in [4.78, 5) is 7.61. The van der Waals surface area contributed by atoms with Crippen LogP contribution in [0.1, 0.15) is 39.0 Å². The molecule has 0 spiro atoms. The van der Waals surface area contributed by atoms with E-state index in [-0.39, 0.29) is 0 Å². The van der Waals surface area contributed by atoms with Crippen LogP contribution in [0.3, 0.4) is 0 Å². The Labute approximate surface area is 83.0 Å². The molecule has 0 fully saturated rings. The maximum atomic E-state index is 2.54. The molecule has 73 valence electrons. The first kappa shape index (κ1) is 12.8. The van der Waals surface area contributed by atoms with E-state index in [2.05, 4.69) is 28.2 Å². The average molecular weight is 276 g/mol. The molecule has 0 aromatic heterocycles. The molecule has 0 aromatic carbocycles. The Morgan fingerprint density at radius 2 is 1.50 bits per heavy atom. The summed E-state index contributed by atoms with van der Waals surface area (Å²) in [6, 6.07) is 0. The Morgan fingerprint density at radius 1 is 0.917 bits per heavy atom. The Balaban J connectivity index is 3.01. The van der Waals surface area contributed by atoms with Crippen molar-refractivity contribution in [2.75, 3.05) is 0 Å². The first-order valence-corrected chi connectivity index (χ1v) is 15.9. The molecule has 0 atom stereocenters. The first-order chi connectivity index (χ1) is 5.56. The Morgan fingerprint density at radius 3 is 2.00 bits per heavy atom. The molecule has 0 saturated heterocycles. The van der Waals surface area contributed by atoms with Gasteiger partial charge in [0.25, 0.3) is 0 Å². The van der Waals surface area contributed by atoms with Gasteiger partial charge >= 0.3 is 83.1 Å². The van der Waals surface area contributed by atoms with Gasteiger partial charge in [0.2, 0.25) is 0 Å². The number of hydrogen-bond acceptors (Lipinski definition) is 0. The van der Waals surface area contributed by atoms with Gasteiger partial charge in [-0.2, -0.15) is 0 Å². The van der Waals surface area contributed by atoms with E-state index >= 15 is 0 Å². The van der Waals surface area contributed by atoms with Crippen LogP contribution in [0.2, 0.25) is 19.3 Å². The topological polar surface area (TPSA) is 0 Å². The van der Waals surface area contributed by atoms with Gasteiger partial charge in [0, 0.05) is 0 Å². The molecule has 0 nitrogen and oxygen atoms in total. The van der Waals surface area contributed by atoms with E-state index in [1.165, 1.54) is 32.1 Å². The summed E-state index contributed by atoms with van der Waals surface area (Å²) in [5, 5.41) is 0. The summed E-state index contributed by atoms with van der Waals surface area (Å²) in [6.07, 6.45) is 9.44. The van der Waals surface area contributed by atoms with E-state index in [0.717, 1.165) is 0 Å². The Kier molecular flexibility index (Phi) is 7.71. The SMILES string of the molecule is C[CH]CCCCC[CH2][Sn]([CH3])([CH3])[CH3]. The van der Waals surface area contributed by atoms with Crippen molar-refractivity contribution in [3.8, 4) is 0 Å². The van der Waals surface area contributed by atoms with Gasteiger partial charge in [0.1, 0.15) is 0 Å². The average Bonchev–Trinajstić information content (AvgIpc) is 1.94. The predicted molar refractivity (Wildman–Crippen MR) is 61.2 cm³/mol. The first-order valence-electron chi connectivity index (χ1n) is 5.34. The van der Waals surface area contributed by atoms with Crippen molar-refractivity contribution in [3.63, 3.8) is 0 Å². The van der Waals surface area contributed by atoms with Crippen molar-refractivity contribution in [2.24, 2.45) is 0 Å². The fourth-order valence-electron chi connectivity index (χ4n) is 1.36. The van der Waals surface area contributed by atoms with Crippen LogP contribution >= 0.6 is 0 Å². The Hall–Kier alpha value is 0.799. The van der Waals surface area contributed by atoms with Crippen molar-refractivity contribution >= 4 is 18.4 Å². The van der Waals surface area contributed by atoms with Crippen LogP contribution in [-0.2, 0) is 0 Å². The van der Waals surface area contributed by atoms with Gasteiger partial charge in [-0.15, -0.1) is 0 Å². The van der Waals surface area contributed by atoms with Crippen LogP contribution < -0.4 is 0 Å². The molecule has 0 bridgehead atoms. The Bertz CT molecular complexity index is 91.7. The fraction of sp³-hybridized carbons (Fsp3) is 0.909. The third kappa shape index (κ3) is 10.8. The molecule has 12 heavy (non-hydrogen) atoms. The zero-order chi connectivity index (χ0) is 9.45. The van der Waals surface area contributed by atoms with Crippen LogP contribution in [-0.4, -0.2) is 18.4 Å². The van der Waals surface area contributed by atoms with E-state index < -0.39 is 18.4 Å². The molecule has 0 amide bonds. The zero-order valence-electron chi connectivity index (χ0n) is 9.32. The van der Waals surface area contributed by atoms with Gasteiger partial charge in [0.15, 0.2) is 0 Å². The van der Waals surface area contributed by atoms with Crippen molar-refractivity contribution in [1.82, 2.24) is 0 Å². The minimum absolute atomic E-state index is 1.32. The minimum atomic E-state index is -1.38. The summed E-state index contributed by atoms with van der Waals surface area (Å²) >= 11 is -1.38. The molecule has 0 rings (SSSR count). The molecule has 1 radical (unpaired) electrons. The second-order valence-electron chi connectivity index (χ2n) is 4.92. The summed E-state index contributed by atoms with van der Waals surface area (Å²) in [7, 11) is 0. The molecule has 0 aliphatic carbocycles. The monoisotopic (exact) mass is 277 g/mol. The zero-order valence-corrected chi connectivity index (χ0v) is 12.2. The summed E-state index contributed by atoms with van der Waals surface area (Å²) < 4.78 is 1.59. The summed E-state index contributed by atoms with van der Waals surface area (Å²) in [5.41, 5.74) is 0. The summed E-state index contributed by atoms with van der Waals surface area (Å²) in [5.74, 6) is 0. The molecule has 0 N–H and O–H groups in total. The number of unbranched alkanes of at least 4 members (excludes halogenated alkanes) is 5. The maximum absolute atomic E-state index is 2.54. The van der Waals surface area contributed by atoms with Crippen LogP contribution in [0.5, 0.6) is 0 Å². The molecule has 1 heteroatoms. The molecular weight excluding hydrogens is 251 g/mol. The van der Waals surface area contributed by atoms with E-state index in [0.29, 0.717) is 0 Å². The standard InChI is InChI=1S/C8H16.3CH3.Sn/c1-3-5-7-8-6-4-2;;;;/h4H,1,3,5-8H2,2H3;3*1H3;. The third-order valence-corrected chi connectivity index (χ3v) is 7.46. The molecule has 0 heterocycles. The van der Waals surface area contributed by atoms with Gasteiger partial charge in [0.05, 0.1) is 0 Å². The van der Waals surface area contributed by atoms with Gasteiger partial charge in [-0.25, -0.2) is 0 Å². The van der Waals surface area contributed by atoms with Crippen molar-refractivity contribution in [1.29, 1.82) is 0 Å². The van der Waals surface area contributed by atoms with Crippen LogP contribution in [0.15, 0.2) is 0 Å². The van der Waals surface area contributed by atoms with Crippen molar-refractivity contribution < 1.29 is 0 Å². The second-order valence-corrected chi connectivity index (χ2v) is 21.0. The predicted octanol–water partition coefficient (Wildman–Crippen LogP) is 4.50. The molecule has 0 unspecified atom stereocenters. The van der Waals surface area contributed by atoms with Gasteiger partial charge in [-0.05, 0) is 0 Å². The van der Waals surface area contributed by atoms with Gasteiger partial charge in [-0.3, -0.25) is 0 Å².